The van der Waals surface area contributed by atoms with E-state index in [4.69, 9.17) is 18.6 Å². The number of nitrogens with one attached hydrogen (secondary N) is 2. The molecule has 0 fully saturated rings. The Morgan fingerprint density at radius 3 is 2.57 bits per heavy atom. The van der Waals surface area contributed by atoms with Gasteiger partial charge in [0.15, 0.2) is 5.11 Å². The van der Waals surface area contributed by atoms with Crippen molar-refractivity contribution in [3.8, 4) is 12.3 Å². The second kappa shape index (κ2) is 7.52. The average molecular weight is 326 g/mol. The smallest absolute Gasteiger partial charge is 0.230 e. The van der Waals surface area contributed by atoms with E-state index < -0.39 is 0 Å². The highest BCUT2D eigenvalue weighted by Crippen LogP contribution is 2.13. The Hall–Kier alpha value is -2.71. The van der Waals surface area contributed by atoms with Gasteiger partial charge in [-0.1, -0.05) is 24.1 Å². The van der Waals surface area contributed by atoms with E-state index in [2.05, 4.69) is 16.6 Å². The zero-order valence-corrected chi connectivity index (χ0v) is 13.3. The maximum absolute atomic E-state index is 13.5. The van der Waals surface area contributed by atoms with Crippen molar-refractivity contribution < 1.29 is 9.18 Å². The predicted octanol–water partition coefficient (Wildman–Crippen LogP) is 3.17. The number of hydrogen-bond donors (Lipinski definition) is 2. The summed E-state index contributed by atoms with van der Waals surface area (Å²) in [4.78, 5) is 11.9. The molecule has 0 aromatic heterocycles. The van der Waals surface area contributed by atoms with Crippen LogP contribution in [0.15, 0.2) is 42.5 Å². The molecule has 0 saturated heterocycles. The lowest BCUT2D eigenvalue weighted by molar-refractivity contribution is -0.119. The molecule has 0 saturated carbocycles. The molecule has 23 heavy (non-hydrogen) atoms. The molecule has 2 rings (SSSR count). The van der Waals surface area contributed by atoms with Gasteiger partial charge in [0.05, 0.1) is 6.42 Å². The number of benzene rings is 2. The van der Waals surface area contributed by atoms with Gasteiger partial charge in [-0.15, -0.1) is 6.42 Å². The molecule has 0 radical (unpaired) electrons. The number of carbonyl (C=O) groups is 1. The van der Waals surface area contributed by atoms with Crippen LogP contribution in [0.2, 0.25) is 0 Å². The van der Waals surface area contributed by atoms with Crippen molar-refractivity contribution >= 4 is 28.9 Å². The van der Waals surface area contributed by atoms with Crippen molar-refractivity contribution in [2.24, 2.45) is 0 Å². The first-order chi connectivity index (χ1) is 11.0. The Balaban J connectivity index is 1.90. The third-order valence-corrected chi connectivity index (χ3v) is 3.37. The molecule has 0 bridgehead atoms. The lowest BCUT2D eigenvalue weighted by atomic mass is 10.1. The van der Waals surface area contributed by atoms with Crippen molar-refractivity contribution in [2.75, 3.05) is 5.32 Å². The SMILES string of the molecule is C#Cc1ccc(CC(=O)NC(=S)Nc2ccc(C)c(F)c2)cc1. The van der Waals surface area contributed by atoms with E-state index in [0.29, 0.717) is 11.3 Å². The second-order valence-electron chi connectivity index (χ2n) is 4.98. The molecule has 0 aliphatic heterocycles. The van der Waals surface area contributed by atoms with Crippen molar-refractivity contribution in [3.05, 3.63) is 65.0 Å². The zero-order chi connectivity index (χ0) is 16.8. The van der Waals surface area contributed by atoms with E-state index in [-0.39, 0.29) is 23.3 Å². The fourth-order valence-electron chi connectivity index (χ4n) is 1.91. The van der Waals surface area contributed by atoms with Crippen LogP contribution in [0.3, 0.4) is 0 Å². The third kappa shape index (κ3) is 4.90. The number of anilines is 1. The monoisotopic (exact) mass is 326 g/mol. The minimum Gasteiger partial charge on any atom is -0.332 e. The quantitative estimate of drug-likeness (QED) is 0.672. The van der Waals surface area contributed by atoms with Crippen LogP contribution in [0.4, 0.5) is 10.1 Å². The van der Waals surface area contributed by atoms with Crippen LogP contribution in [0.1, 0.15) is 16.7 Å². The Morgan fingerprint density at radius 1 is 1.26 bits per heavy atom. The zero-order valence-electron chi connectivity index (χ0n) is 12.5. The van der Waals surface area contributed by atoms with Crippen LogP contribution < -0.4 is 10.6 Å². The molecular formula is C18H15FN2OS. The molecule has 0 aliphatic rings. The van der Waals surface area contributed by atoms with Gasteiger partial charge in [-0.25, -0.2) is 4.39 Å². The van der Waals surface area contributed by atoms with E-state index in [9.17, 15) is 9.18 Å². The highest BCUT2D eigenvalue weighted by Gasteiger charge is 2.07. The molecule has 0 atom stereocenters. The summed E-state index contributed by atoms with van der Waals surface area (Å²) in [6.45, 7) is 1.67. The van der Waals surface area contributed by atoms with Gasteiger partial charge in [0.25, 0.3) is 0 Å². The fourth-order valence-corrected chi connectivity index (χ4v) is 2.14. The third-order valence-electron chi connectivity index (χ3n) is 3.17. The predicted molar refractivity (Wildman–Crippen MR) is 93.6 cm³/mol. The van der Waals surface area contributed by atoms with Crippen LogP contribution in [0.5, 0.6) is 0 Å². The van der Waals surface area contributed by atoms with E-state index in [1.165, 1.54) is 6.07 Å². The number of rotatable bonds is 3. The summed E-state index contributed by atoms with van der Waals surface area (Å²) >= 11 is 5.05. The van der Waals surface area contributed by atoms with Crippen LogP contribution in [-0.2, 0) is 11.2 Å². The first-order valence-electron chi connectivity index (χ1n) is 6.90. The Bertz CT molecular complexity index is 779. The highest BCUT2D eigenvalue weighted by molar-refractivity contribution is 7.80. The van der Waals surface area contributed by atoms with Gasteiger partial charge < -0.3 is 10.6 Å². The number of hydrogen-bond acceptors (Lipinski definition) is 2. The molecule has 5 heteroatoms. The summed E-state index contributed by atoms with van der Waals surface area (Å²) in [6, 6.07) is 11.8. The lowest BCUT2D eigenvalue weighted by Gasteiger charge is -2.10. The molecule has 2 N–H and O–H groups in total. The van der Waals surface area contributed by atoms with E-state index in [1.807, 2.05) is 0 Å². The standard InChI is InChI=1S/C18H15FN2OS/c1-3-13-5-7-14(8-6-13)10-17(22)21-18(23)20-15-9-4-12(2)16(19)11-15/h1,4-9,11H,10H2,2H3,(H2,20,21,22,23). The van der Waals surface area contributed by atoms with Crippen molar-refractivity contribution in [3.63, 3.8) is 0 Å². The minimum absolute atomic E-state index is 0.124. The fraction of sp³-hybridized carbons (Fsp3) is 0.111. The highest BCUT2D eigenvalue weighted by atomic mass is 32.1. The number of thiocarbonyl (C=S) groups is 1. The van der Waals surface area contributed by atoms with Crippen LogP contribution >= 0.6 is 12.2 Å². The summed E-state index contributed by atoms with van der Waals surface area (Å²) in [5.74, 6) is 1.92. The van der Waals surface area contributed by atoms with Gasteiger partial charge in [0, 0.05) is 11.3 Å². The van der Waals surface area contributed by atoms with E-state index in [1.54, 1.807) is 43.3 Å². The molecule has 2 aromatic rings. The van der Waals surface area contributed by atoms with Crippen molar-refractivity contribution in [1.82, 2.24) is 5.32 Å². The Kier molecular flexibility index (Phi) is 5.45. The van der Waals surface area contributed by atoms with Crippen LogP contribution in [0, 0.1) is 25.1 Å². The summed E-state index contributed by atoms with van der Waals surface area (Å²) in [7, 11) is 0. The average Bonchev–Trinajstić information content (AvgIpc) is 2.51. The number of halogens is 1. The molecule has 0 unspecified atom stereocenters. The van der Waals surface area contributed by atoms with Crippen LogP contribution in [-0.4, -0.2) is 11.0 Å². The molecule has 2 aromatic carbocycles. The molecule has 0 heterocycles. The van der Waals surface area contributed by atoms with Crippen molar-refractivity contribution in [2.45, 2.75) is 13.3 Å². The summed E-state index contributed by atoms with van der Waals surface area (Å²) in [6.07, 6.45) is 5.45. The second-order valence-corrected chi connectivity index (χ2v) is 5.39. The normalized spacial score (nSPS) is 9.78. The molecular weight excluding hydrogens is 311 g/mol. The minimum atomic E-state index is -0.335. The van der Waals surface area contributed by atoms with Crippen LogP contribution in [0.25, 0.3) is 0 Å². The van der Waals surface area contributed by atoms with Crippen molar-refractivity contribution in [1.29, 1.82) is 0 Å². The van der Waals surface area contributed by atoms with Gasteiger partial charge in [-0.2, -0.15) is 0 Å². The number of aryl methyl sites for hydroxylation is 1. The van der Waals surface area contributed by atoms with E-state index in [0.717, 1.165) is 11.1 Å². The maximum Gasteiger partial charge on any atom is 0.230 e. The number of carbonyl (C=O) groups excluding carboxylic acids is 1. The Morgan fingerprint density at radius 2 is 1.96 bits per heavy atom. The molecule has 1 amide bonds. The summed E-state index contributed by atoms with van der Waals surface area (Å²) < 4.78 is 13.5. The largest absolute Gasteiger partial charge is 0.332 e. The molecule has 3 nitrogen and oxygen atoms in total. The van der Waals surface area contributed by atoms with Gasteiger partial charge in [-0.05, 0) is 54.5 Å². The Labute approximate surface area is 139 Å². The molecule has 116 valence electrons. The topological polar surface area (TPSA) is 41.1 Å². The van der Waals surface area contributed by atoms with E-state index >= 15 is 0 Å². The van der Waals surface area contributed by atoms with Gasteiger partial charge in [0.2, 0.25) is 5.91 Å². The molecule has 0 spiro atoms. The van der Waals surface area contributed by atoms with Gasteiger partial charge in [-0.3, -0.25) is 4.79 Å². The summed E-state index contributed by atoms with van der Waals surface area (Å²) in [5, 5.41) is 5.46. The maximum atomic E-state index is 13.5. The van der Waals surface area contributed by atoms with Gasteiger partial charge >= 0.3 is 0 Å². The lowest BCUT2D eigenvalue weighted by Crippen LogP contribution is -2.35. The first kappa shape index (κ1) is 16.7. The summed E-state index contributed by atoms with van der Waals surface area (Å²) in [5.41, 5.74) is 2.61. The number of amides is 1. The number of terminal acetylenes is 1. The van der Waals surface area contributed by atoms with Gasteiger partial charge in [0.1, 0.15) is 5.82 Å². The molecule has 0 aliphatic carbocycles. The first-order valence-corrected chi connectivity index (χ1v) is 7.31.